The number of benzene rings is 2. The van der Waals surface area contributed by atoms with Gasteiger partial charge in [0.05, 0.1) is 6.54 Å². The van der Waals surface area contributed by atoms with Gasteiger partial charge in [0.1, 0.15) is 0 Å². The zero-order chi connectivity index (χ0) is 19.9. The highest BCUT2D eigenvalue weighted by Crippen LogP contribution is 2.21. The molecule has 0 aliphatic rings. The lowest BCUT2D eigenvalue weighted by Crippen LogP contribution is -2.43. The number of rotatable bonds is 7. The van der Waals surface area contributed by atoms with Gasteiger partial charge in [-0.3, -0.25) is 0 Å². The second-order valence-electron chi connectivity index (χ2n) is 6.70. The molecule has 1 N–H and O–H groups in total. The third-order valence-electron chi connectivity index (χ3n) is 4.28. The largest absolute Gasteiger partial charge is 0.419 e. The smallest absolute Gasteiger partial charge is 0.247 e. The molecule has 3 aromatic rings. The van der Waals surface area contributed by atoms with Crippen molar-refractivity contribution in [2.24, 2.45) is 0 Å². The number of hydrogen-bond donors (Lipinski definition) is 1. The van der Waals surface area contributed by atoms with Gasteiger partial charge < -0.3 is 14.6 Å². The van der Waals surface area contributed by atoms with Gasteiger partial charge in [0, 0.05) is 23.2 Å². The van der Waals surface area contributed by atoms with Gasteiger partial charge in [-0.2, -0.15) is 0 Å². The van der Waals surface area contributed by atoms with Crippen LogP contribution in [-0.4, -0.2) is 32.8 Å². The molecule has 1 aromatic heterocycles. The van der Waals surface area contributed by atoms with Gasteiger partial charge >= 0.3 is 0 Å². The maximum atomic E-state index is 5.93. The van der Waals surface area contributed by atoms with Crippen molar-refractivity contribution in [3.8, 4) is 11.5 Å². The third-order valence-corrected chi connectivity index (χ3v) is 4.91. The third kappa shape index (κ3) is 5.53. The molecule has 0 fully saturated rings. The Morgan fingerprint density at radius 2 is 1.82 bits per heavy atom. The van der Waals surface area contributed by atoms with Crippen LogP contribution in [0.15, 0.2) is 59.0 Å². The van der Waals surface area contributed by atoms with E-state index in [4.69, 9.17) is 28.2 Å². The molecule has 3 rings (SSSR count). The lowest BCUT2D eigenvalue weighted by Gasteiger charge is -2.28. The summed E-state index contributed by atoms with van der Waals surface area (Å²) in [6, 6.07) is 17.8. The van der Waals surface area contributed by atoms with Crippen LogP contribution < -0.4 is 5.32 Å². The first kappa shape index (κ1) is 20.3. The predicted octanol–water partition coefficient (Wildman–Crippen LogP) is 4.72. The Labute approximate surface area is 175 Å². The number of halogens is 1. The Morgan fingerprint density at radius 3 is 2.50 bits per heavy atom. The predicted molar refractivity (Wildman–Crippen MR) is 116 cm³/mol. The van der Waals surface area contributed by atoms with Crippen LogP contribution in [0, 0.1) is 0 Å². The van der Waals surface area contributed by atoms with Gasteiger partial charge in [-0.25, -0.2) is 0 Å². The highest BCUT2D eigenvalue weighted by molar-refractivity contribution is 7.80. The summed E-state index contributed by atoms with van der Waals surface area (Å²) in [5.74, 6) is 0.990. The van der Waals surface area contributed by atoms with Crippen LogP contribution in [0.4, 0.5) is 0 Å². The van der Waals surface area contributed by atoms with E-state index in [2.05, 4.69) is 41.5 Å². The molecule has 7 heteroatoms. The van der Waals surface area contributed by atoms with E-state index in [9.17, 15) is 0 Å². The Bertz CT molecular complexity index is 896. The van der Waals surface area contributed by atoms with E-state index in [1.54, 1.807) is 12.1 Å². The molecule has 1 heterocycles. The van der Waals surface area contributed by atoms with E-state index in [-0.39, 0.29) is 6.04 Å². The summed E-state index contributed by atoms with van der Waals surface area (Å²) < 4.78 is 5.82. The Balaban J connectivity index is 1.59. The summed E-state index contributed by atoms with van der Waals surface area (Å²) in [5.41, 5.74) is 2.11. The van der Waals surface area contributed by atoms with E-state index in [0.717, 1.165) is 18.5 Å². The van der Waals surface area contributed by atoms with E-state index < -0.39 is 0 Å². The second-order valence-corrected chi connectivity index (χ2v) is 7.52. The summed E-state index contributed by atoms with van der Waals surface area (Å²) in [6.45, 7) is 5.39. The SMILES string of the molecule is CC(C)N(Cc1nnc(-c2ccc(Cl)cc2)o1)C(=S)NCCc1ccccc1. The van der Waals surface area contributed by atoms with Crippen molar-refractivity contribution >= 4 is 28.9 Å². The molecule has 5 nitrogen and oxygen atoms in total. The Hall–Kier alpha value is -2.44. The molecule has 0 bridgehead atoms. The van der Waals surface area contributed by atoms with Crippen molar-refractivity contribution in [1.29, 1.82) is 0 Å². The van der Waals surface area contributed by atoms with Crippen molar-refractivity contribution in [3.63, 3.8) is 0 Å². The van der Waals surface area contributed by atoms with Gasteiger partial charge in [0.15, 0.2) is 5.11 Å². The number of nitrogens with one attached hydrogen (secondary N) is 1. The van der Waals surface area contributed by atoms with Crippen molar-refractivity contribution in [2.45, 2.75) is 32.9 Å². The molecule has 0 amide bonds. The van der Waals surface area contributed by atoms with Gasteiger partial charge in [-0.1, -0.05) is 41.9 Å². The quantitative estimate of drug-likeness (QED) is 0.564. The number of aromatic nitrogens is 2. The topological polar surface area (TPSA) is 54.2 Å². The van der Waals surface area contributed by atoms with Gasteiger partial charge in [0.25, 0.3) is 0 Å². The van der Waals surface area contributed by atoms with Crippen LogP contribution >= 0.6 is 23.8 Å². The fourth-order valence-electron chi connectivity index (χ4n) is 2.72. The van der Waals surface area contributed by atoms with Crippen LogP contribution in [0.25, 0.3) is 11.5 Å². The van der Waals surface area contributed by atoms with Gasteiger partial charge in [0.2, 0.25) is 11.8 Å². The highest BCUT2D eigenvalue weighted by Gasteiger charge is 2.18. The number of thiocarbonyl (C=S) groups is 1. The molecule has 0 aliphatic heterocycles. The lowest BCUT2D eigenvalue weighted by atomic mass is 10.1. The molecule has 0 atom stereocenters. The van der Waals surface area contributed by atoms with Crippen molar-refractivity contribution in [2.75, 3.05) is 6.54 Å². The molecule has 0 aliphatic carbocycles. The van der Waals surface area contributed by atoms with E-state index >= 15 is 0 Å². The van der Waals surface area contributed by atoms with Crippen LogP contribution in [0.5, 0.6) is 0 Å². The fraction of sp³-hybridized carbons (Fsp3) is 0.286. The minimum absolute atomic E-state index is 0.197. The first-order chi connectivity index (χ1) is 13.5. The summed E-state index contributed by atoms with van der Waals surface area (Å²) in [6.07, 6.45) is 0.911. The highest BCUT2D eigenvalue weighted by atomic mass is 35.5. The normalized spacial score (nSPS) is 10.9. The summed E-state index contributed by atoms with van der Waals surface area (Å²) >= 11 is 11.5. The molecule has 2 aromatic carbocycles. The average molecular weight is 415 g/mol. The fourth-order valence-corrected chi connectivity index (χ4v) is 3.22. The van der Waals surface area contributed by atoms with E-state index in [1.807, 2.05) is 35.2 Å². The molecule has 0 unspecified atom stereocenters. The summed E-state index contributed by atoms with van der Waals surface area (Å²) in [5, 5.41) is 13.0. The Kier molecular flexibility index (Phi) is 7.01. The minimum Gasteiger partial charge on any atom is -0.419 e. The standard InChI is InChI=1S/C21H23ClN4OS/c1-15(2)26(21(28)23-13-12-16-6-4-3-5-7-16)14-19-24-25-20(27-19)17-8-10-18(22)11-9-17/h3-11,15H,12-14H2,1-2H3,(H,23,28). The van der Waals surface area contributed by atoms with Crippen LogP contribution in [0.1, 0.15) is 25.3 Å². The maximum Gasteiger partial charge on any atom is 0.247 e. The lowest BCUT2D eigenvalue weighted by molar-refractivity contribution is 0.301. The van der Waals surface area contributed by atoms with Crippen molar-refractivity contribution < 1.29 is 4.42 Å². The zero-order valence-electron chi connectivity index (χ0n) is 15.9. The summed E-state index contributed by atoms with van der Waals surface area (Å²) in [7, 11) is 0. The average Bonchev–Trinajstić information content (AvgIpc) is 3.16. The van der Waals surface area contributed by atoms with Crippen LogP contribution in [-0.2, 0) is 13.0 Å². The Morgan fingerprint density at radius 1 is 1.11 bits per heavy atom. The first-order valence-electron chi connectivity index (χ1n) is 9.19. The zero-order valence-corrected chi connectivity index (χ0v) is 17.5. The maximum absolute atomic E-state index is 5.93. The van der Waals surface area contributed by atoms with Crippen molar-refractivity contribution in [1.82, 2.24) is 20.4 Å². The molecule has 0 saturated carbocycles. The van der Waals surface area contributed by atoms with Crippen LogP contribution in [0.3, 0.4) is 0 Å². The van der Waals surface area contributed by atoms with E-state index in [0.29, 0.717) is 28.5 Å². The number of hydrogen-bond acceptors (Lipinski definition) is 4. The molecule has 146 valence electrons. The molecular weight excluding hydrogens is 392 g/mol. The van der Waals surface area contributed by atoms with E-state index in [1.165, 1.54) is 5.56 Å². The van der Waals surface area contributed by atoms with Gasteiger partial charge in [-0.05, 0) is 62.3 Å². The second kappa shape index (κ2) is 9.66. The molecule has 0 saturated heterocycles. The van der Waals surface area contributed by atoms with Crippen molar-refractivity contribution in [3.05, 3.63) is 71.1 Å². The molecule has 0 radical (unpaired) electrons. The number of nitrogens with zero attached hydrogens (tertiary/aromatic N) is 3. The van der Waals surface area contributed by atoms with Crippen LogP contribution in [0.2, 0.25) is 5.02 Å². The monoisotopic (exact) mass is 414 g/mol. The minimum atomic E-state index is 0.197. The van der Waals surface area contributed by atoms with Gasteiger partial charge in [-0.15, -0.1) is 10.2 Å². The molecule has 0 spiro atoms. The summed E-state index contributed by atoms with van der Waals surface area (Å²) in [4.78, 5) is 2.04. The molecule has 28 heavy (non-hydrogen) atoms. The first-order valence-corrected chi connectivity index (χ1v) is 9.98. The molecular formula is C21H23ClN4OS.